The number of amides is 1. The van der Waals surface area contributed by atoms with E-state index in [4.69, 9.17) is 11.6 Å². The van der Waals surface area contributed by atoms with Gasteiger partial charge in [-0.15, -0.1) is 10.2 Å². The molecule has 0 spiro atoms. The number of rotatable bonds is 9. The van der Waals surface area contributed by atoms with Gasteiger partial charge in [-0.05, 0) is 48.6 Å². The van der Waals surface area contributed by atoms with Crippen LogP contribution >= 0.6 is 23.4 Å². The summed E-state index contributed by atoms with van der Waals surface area (Å²) >= 11 is 7.39. The first-order valence-corrected chi connectivity index (χ1v) is 11.6. The zero-order chi connectivity index (χ0) is 21.5. The summed E-state index contributed by atoms with van der Waals surface area (Å²) in [6.07, 6.45) is 2.44. The number of halogens is 1. The molecule has 30 heavy (non-hydrogen) atoms. The van der Waals surface area contributed by atoms with Crippen molar-refractivity contribution in [2.24, 2.45) is 0 Å². The molecular weight excluding hydrogens is 416 g/mol. The van der Waals surface area contributed by atoms with Crippen LogP contribution in [0.3, 0.4) is 0 Å². The Morgan fingerprint density at radius 1 is 1.03 bits per heavy atom. The minimum Gasteiger partial charge on any atom is -0.325 e. The Labute approximate surface area is 187 Å². The molecule has 3 rings (SSSR count). The number of carbonyl (C=O) groups excluding carboxylic acids is 1. The van der Waals surface area contributed by atoms with E-state index >= 15 is 0 Å². The van der Waals surface area contributed by atoms with E-state index in [0.29, 0.717) is 17.2 Å². The van der Waals surface area contributed by atoms with Crippen molar-refractivity contribution < 1.29 is 4.79 Å². The maximum Gasteiger partial charge on any atom is 0.234 e. The van der Waals surface area contributed by atoms with Gasteiger partial charge in [-0.25, -0.2) is 0 Å². The number of thioether (sulfide) groups is 1. The van der Waals surface area contributed by atoms with Gasteiger partial charge in [0.1, 0.15) is 5.82 Å². The summed E-state index contributed by atoms with van der Waals surface area (Å²) in [6.45, 7) is 7.01. The van der Waals surface area contributed by atoms with Crippen LogP contribution in [0, 0.1) is 0 Å². The molecule has 0 aliphatic heterocycles. The molecule has 1 aromatic heterocycles. The van der Waals surface area contributed by atoms with Crippen molar-refractivity contribution in [1.29, 1.82) is 0 Å². The van der Waals surface area contributed by atoms with Gasteiger partial charge in [0, 0.05) is 23.7 Å². The molecule has 1 heterocycles. The van der Waals surface area contributed by atoms with E-state index in [1.165, 1.54) is 11.8 Å². The Balaban J connectivity index is 1.67. The van der Waals surface area contributed by atoms with Gasteiger partial charge >= 0.3 is 0 Å². The van der Waals surface area contributed by atoms with Gasteiger partial charge in [-0.3, -0.25) is 4.79 Å². The highest BCUT2D eigenvalue weighted by Crippen LogP contribution is 2.24. The predicted molar refractivity (Wildman–Crippen MR) is 125 cm³/mol. The van der Waals surface area contributed by atoms with E-state index in [0.717, 1.165) is 52.7 Å². The van der Waals surface area contributed by atoms with Crippen LogP contribution in [0.15, 0.2) is 47.6 Å². The monoisotopic (exact) mass is 442 g/mol. The van der Waals surface area contributed by atoms with E-state index in [1.807, 2.05) is 30.3 Å². The lowest BCUT2D eigenvalue weighted by atomic mass is 10.0. The first-order valence-electron chi connectivity index (χ1n) is 10.3. The van der Waals surface area contributed by atoms with E-state index in [2.05, 4.69) is 53.0 Å². The van der Waals surface area contributed by atoms with Crippen molar-refractivity contribution in [3.8, 4) is 0 Å². The Kier molecular flexibility index (Phi) is 7.94. The summed E-state index contributed by atoms with van der Waals surface area (Å²) in [5.74, 6) is 1.15. The van der Waals surface area contributed by atoms with Gasteiger partial charge in [-0.2, -0.15) is 0 Å². The summed E-state index contributed by atoms with van der Waals surface area (Å²) in [5, 5.41) is 13.3. The lowest BCUT2D eigenvalue weighted by Crippen LogP contribution is -2.17. The molecule has 3 aromatic rings. The van der Waals surface area contributed by atoms with Crippen LogP contribution < -0.4 is 5.32 Å². The van der Waals surface area contributed by atoms with Gasteiger partial charge in [0.25, 0.3) is 0 Å². The number of nitrogens with zero attached hydrogens (tertiary/aromatic N) is 3. The van der Waals surface area contributed by atoms with Crippen LogP contribution in [-0.4, -0.2) is 26.4 Å². The molecule has 7 heteroatoms. The zero-order valence-electron chi connectivity index (χ0n) is 17.6. The highest BCUT2D eigenvalue weighted by Gasteiger charge is 2.15. The molecule has 5 nitrogen and oxygen atoms in total. The Hall–Kier alpha value is -2.31. The second-order valence-electron chi connectivity index (χ2n) is 6.94. The number of aryl methyl sites for hydroxylation is 2. The molecule has 158 valence electrons. The number of hydrogen-bond donors (Lipinski definition) is 1. The van der Waals surface area contributed by atoms with E-state index in [9.17, 15) is 4.79 Å². The third-order valence-electron chi connectivity index (χ3n) is 4.98. The molecule has 0 saturated heterocycles. The van der Waals surface area contributed by atoms with Crippen LogP contribution in [0.5, 0.6) is 0 Å². The molecule has 0 aliphatic carbocycles. The number of para-hydroxylation sites is 1. The van der Waals surface area contributed by atoms with Crippen molar-refractivity contribution >= 4 is 35.0 Å². The fraction of sp³-hybridized carbons (Fsp3) is 0.348. The van der Waals surface area contributed by atoms with Crippen molar-refractivity contribution in [3.05, 3.63) is 70.0 Å². The third-order valence-corrected chi connectivity index (χ3v) is 6.20. The smallest absolute Gasteiger partial charge is 0.234 e. The second kappa shape index (κ2) is 10.6. The largest absolute Gasteiger partial charge is 0.325 e. The molecule has 1 N–H and O–H groups in total. The lowest BCUT2D eigenvalue weighted by Gasteiger charge is -2.14. The summed E-state index contributed by atoms with van der Waals surface area (Å²) < 4.78 is 2.06. The first-order chi connectivity index (χ1) is 14.5. The van der Waals surface area contributed by atoms with Crippen molar-refractivity contribution in [1.82, 2.24) is 14.8 Å². The first kappa shape index (κ1) is 22.4. The fourth-order valence-corrected chi connectivity index (χ4v) is 4.31. The Morgan fingerprint density at radius 3 is 2.30 bits per heavy atom. The van der Waals surface area contributed by atoms with Crippen molar-refractivity contribution in [2.75, 3.05) is 11.1 Å². The molecule has 0 fully saturated rings. The molecule has 0 aliphatic rings. The number of aromatic nitrogens is 3. The van der Waals surface area contributed by atoms with Crippen molar-refractivity contribution in [3.63, 3.8) is 0 Å². The van der Waals surface area contributed by atoms with Gasteiger partial charge < -0.3 is 9.88 Å². The summed E-state index contributed by atoms with van der Waals surface area (Å²) in [6, 6.07) is 13.9. The van der Waals surface area contributed by atoms with Gasteiger partial charge in [-0.1, -0.05) is 67.5 Å². The molecule has 1 amide bonds. The maximum absolute atomic E-state index is 12.6. The molecule has 0 radical (unpaired) electrons. The predicted octanol–water partition coefficient (Wildman–Crippen LogP) is 5.40. The maximum atomic E-state index is 12.6. The van der Waals surface area contributed by atoms with Crippen LogP contribution in [0.4, 0.5) is 5.69 Å². The van der Waals surface area contributed by atoms with Crippen LogP contribution in [-0.2, 0) is 30.6 Å². The number of carbonyl (C=O) groups is 1. The number of hydrogen-bond acceptors (Lipinski definition) is 4. The SMILES string of the molecule is CCc1cccc(CC)c1NC(=O)CSc1nnc(Cc2ccc(Cl)cc2)n1CC. The molecule has 2 aromatic carbocycles. The standard InChI is InChI=1S/C23H27ClN4OS/c1-4-17-8-7-9-18(5-2)22(17)25-21(29)15-30-23-27-26-20(28(23)6-3)14-16-10-12-19(24)13-11-16/h7-13H,4-6,14-15H2,1-3H3,(H,25,29). The van der Waals surface area contributed by atoms with Crippen LogP contribution in [0.2, 0.25) is 5.02 Å². The van der Waals surface area contributed by atoms with Gasteiger partial charge in [0.2, 0.25) is 5.91 Å². The summed E-state index contributed by atoms with van der Waals surface area (Å²) in [7, 11) is 0. The summed E-state index contributed by atoms with van der Waals surface area (Å²) in [5.41, 5.74) is 4.40. The van der Waals surface area contributed by atoms with E-state index in [1.54, 1.807) is 0 Å². The topological polar surface area (TPSA) is 59.8 Å². The fourth-order valence-electron chi connectivity index (χ4n) is 3.37. The number of anilines is 1. The quantitative estimate of drug-likeness (QED) is 0.451. The average molecular weight is 443 g/mol. The molecule has 0 unspecified atom stereocenters. The second-order valence-corrected chi connectivity index (χ2v) is 8.32. The third kappa shape index (κ3) is 5.43. The molecule has 0 atom stereocenters. The normalized spacial score (nSPS) is 10.9. The summed E-state index contributed by atoms with van der Waals surface area (Å²) in [4.78, 5) is 12.6. The minimum absolute atomic E-state index is 0.0273. The highest BCUT2D eigenvalue weighted by molar-refractivity contribution is 7.99. The molecular formula is C23H27ClN4OS. The zero-order valence-corrected chi connectivity index (χ0v) is 19.2. The van der Waals surface area contributed by atoms with E-state index in [-0.39, 0.29) is 5.91 Å². The van der Waals surface area contributed by atoms with Crippen LogP contribution in [0.1, 0.15) is 43.3 Å². The Bertz CT molecular complexity index is 979. The number of nitrogens with one attached hydrogen (secondary N) is 1. The average Bonchev–Trinajstić information content (AvgIpc) is 3.15. The van der Waals surface area contributed by atoms with E-state index < -0.39 is 0 Å². The van der Waals surface area contributed by atoms with Gasteiger partial charge in [0.15, 0.2) is 5.16 Å². The van der Waals surface area contributed by atoms with Crippen molar-refractivity contribution in [2.45, 2.75) is 51.7 Å². The highest BCUT2D eigenvalue weighted by atomic mass is 35.5. The molecule has 0 bridgehead atoms. The minimum atomic E-state index is -0.0273. The lowest BCUT2D eigenvalue weighted by molar-refractivity contribution is -0.113. The Morgan fingerprint density at radius 2 is 1.70 bits per heavy atom. The molecule has 0 saturated carbocycles. The van der Waals surface area contributed by atoms with Gasteiger partial charge in [0.05, 0.1) is 5.75 Å². The number of benzene rings is 2. The van der Waals surface area contributed by atoms with Crippen LogP contribution in [0.25, 0.3) is 0 Å².